The Hall–Kier alpha value is -1.10. The molecular formula is C22H37N3O2. The van der Waals surface area contributed by atoms with Crippen molar-refractivity contribution in [3.8, 4) is 0 Å². The third-order valence-corrected chi connectivity index (χ3v) is 7.39. The molecule has 4 fully saturated rings. The molecule has 152 valence electrons. The molecule has 0 aromatic carbocycles. The van der Waals surface area contributed by atoms with E-state index in [1.165, 1.54) is 38.5 Å². The molecule has 0 bridgehead atoms. The van der Waals surface area contributed by atoms with E-state index in [4.69, 9.17) is 0 Å². The van der Waals surface area contributed by atoms with Crippen LogP contribution in [0.4, 0.5) is 0 Å². The van der Waals surface area contributed by atoms with Gasteiger partial charge in [-0.2, -0.15) is 0 Å². The van der Waals surface area contributed by atoms with Crippen molar-refractivity contribution in [1.82, 2.24) is 15.1 Å². The summed E-state index contributed by atoms with van der Waals surface area (Å²) >= 11 is 0. The van der Waals surface area contributed by atoms with Crippen molar-refractivity contribution < 1.29 is 9.59 Å². The van der Waals surface area contributed by atoms with Gasteiger partial charge in [0, 0.05) is 38.6 Å². The van der Waals surface area contributed by atoms with Crippen molar-refractivity contribution in [1.29, 1.82) is 0 Å². The Morgan fingerprint density at radius 2 is 1.81 bits per heavy atom. The fourth-order valence-corrected chi connectivity index (χ4v) is 5.49. The number of hydrogen-bond donors (Lipinski definition) is 1. The number of hydrogen-bond acceptors (Lipinski definition) is 3. The molecule has 5 heteroatoms. The van der Waals surface area contributed by atoms with E-state index in [9.17, 15) is 9.59 Å². The molecule has 1 N–H and O–H groups in total. The van der Waals surface area contributed by atoms with Crippen LogP contribution in [0.3, 0.4) is 0 Å². The first-order chi connectivity index (χ1) is 13.1. The molecule has 0 unspecified atom stereocenters. The average molecular weight is 376 g/mol. The molecule has 2 amide bonds. The topological polar surface area (TPSA) is 52.7 Å². The van der Waals surface area contributed by atoms with Gasteiger partial charge in [-0.05, 0) is 51.0 Å². The quantitative estimate of drug-likeness (QED) is 0.744. The second kappa shape index (κ2) is 8.50. The van der Waals surface area contributed by atoms with E-state index in [-0.39, 0.29) is 11.3 Å². The largest absolute Gasteiger partial charge is 0.353 e. The fourth-order valence-electron chi connectivity index (χ4n) is 5.49. The van der Waals surface area contributed by atoms with Crippen LogP contribution in [0.15, 0.2) is 0 Å². The maximum Gasteiger partial charge on any atom is 0.230 e. The number of carbonyl (C=O) groups excluding carboxylic acids is 2. The second-order valence-electron chi connectivity index (χ2n) is 9.59. The Kier molecular flexibility index (Phi) is 6.05. The summed E-state index contributed by atoms with van der Waals surface area (Å²) in [4.78, 5) is 29.8. The van der Waals surface area contributed by atoms with Gasteiger partial charge in [-0.15, -0.1) is 0 Å². The molecule has 5 nitrogen and oxygen atoms in total. The first-order valence-electron chi connectivity index (χ1n) is 11.5. The van der Waals surface area contributed by atoms with Crippen LogP contribution in [-0.2, 0) is 9.59 Å². The minimum absolute atomic E-state index is 0.155. The van der Waals surface area contributed by atoms with Gasteiger partial charge in [0.2, 0.25) is 11.8 Å². The van der Waals surface area contributed by atoms with E-state index < -0.39 is 0 Å². The molecule has 0 radical (unpaired) electrons. The Balaban J connectivity index is 1.24. The number of carbonyl (C=O) groups is 2. The normalized spacial score (nSPS) is 30.2. The Morgan fingerprint density at radius 1 is 1.00 bits per heavy atom. The molecule has 2 saturated heterocycles. The number of amides is 2. The predicted molar refractivity (Wildman–Crippen MR) is 106 cm³/mol. The maximum absolute atomic E-state index is 13.3. The molecule has 27 heavy (non-hydrogen) atoms. The summed E-state index contributed by atoms with van der Waals surface area (Å²) < 4.78 is 0. The first-order valence-corrected chi connectivity index (χ1v) is 11.5. The summed E-state index contributed by atoms with van der Waals surface area (Å²) in [7, 11) is 0. The zero-order valence-corrected chi connectivity index (χ0v) is 16.9. The molecule has 2 saturated carbocycles. The number of rotatable bonds is 7. The summed E-state index contributed by atoms with van der Waals surface area (Å²) in [6.07, 6.45) is 14.1. The molecule has 1 atom stereocenters. The average Bonchev–Trinajstić information content (AvgIpc) is 3.40. The van der Waals surface area contributed by atoms with E-state index in [2.05, 4.69) is 15.1 Å². The summed E-state index contributed by atoms with van der Waals surface area (Å²) in [6.45, 7) is 4.56. The zero-order valence-electron chi connectivity index (χ0n) is 16.9. The van der Waals surface area contributed by atoms with Gasteiger partial charge in [-0.3, -0.25) is 9.59 Å². The molecule has 2 heterocycles. The predicted octanol–water partition coefficient (Wildman–Crippen LogP) is 2.94. The molecule has 1 spiro atoms. The van der Waals surface area contributed by atoms with Gasteiger partial charge in [-0.25, -0.2) is 0 Å². The first kappa shape index (κ1) is 19.2. The monoisotopic (exact) mass is 375 g/mol. The molecule has 2 aliphatic heterocycles. The number of nitrogens with zero attached hydrogens (tertiary/aromatic N) is 2. The van der Waals surface area contributed by atoms with Crippen molar-refractivity contribution in [3.63, 3.8) is 0 Å². The fraction of sp³-hybridized carbons (Fsp3) is 0.909. The van der Waals surface area contributed by atoms with Gasteiger partial charge >= 0.3 is 0 Å². The molecule has 0 aromatic rings. The Morgan fingerprint density at radius 3 is 2.59 bits per heavy atom. The summed E-state index contributed by atoms with van der Waals surface area (Å²) in [5, 5.41) is 3.07. The van der Waals surface area contributed by atoms with E-state index in [0.29, 0.717) is 18.4 Å². The molecule has 0 aromatic heterocycles. The van der Waals surface area contributed by atoms with Crippen LogP contribution < -0.4 is 5.32 Å². The van der Waals surface area contributed by atoms with E-state index in [1.807, 2.05) is 0 Å². The second-order valence-corrected chi connectivity index (χ2v) is 9.59. The van der Waals surface area contributed by atoms with E-state index >= 15 is 0 Å². The number of piperidine rings is 1. The van der Waals surface area contributed by atoms with Gasteiger partial charge in [0.25, 0.3) is 0 Å². The SMILES string of the molecule is O=C(CCN1CC[C@]2(CCCN(CCC3CCCCC3)C2=O)C1)NC1CC1. The van der Waals surface area contributed by atoms with Crippen molar-refractivity contribution in [2.24, 2.45) is 11.3 Å². The lowest BCUT2D eigenvalue weighted by Crippen LogP contribution is -2.50. The van der Waals surface area contributed by atoms with Crippen molar-refractivity contribution in [2.75, 3.05) is 32.7 Å². The van der Waals surface area contributed by atoms with Crippen LogP contribution in [0, 0.1) is 11.3 Å². The van der Waals surface area contributed by atoms with Gasteiger partial charge in [0.05, 0.1) is 5.41 Å². The van der Waals surface area contributed by atoms with Gasteiger partial charge in [0.15, 0.2) is 0 Å². The van der Waals surface area contributed by atoms with Crippen LogP contribution >= 0.6 is 0 Å². The van der Waals surface area contributed by atoms with Gasteiger partial charge in [-0.1, -0.05) is 32.1 Å². The van der Waals surface area contributed by atoms with Crippen molar-refractivity contribution in [3.05, 3.63) is 0 Å². The van der Waals surface area contributed by atoms with E-state index in [1.54, 1.807) is 0 Å². The zero-order chi connectivity index (χ0) is 18.7. The highest BCUT2D eigenvalue weighted by Crippen LogP contribution is 2.40. The highest BCUT2D eigenvalue weighted by Gasteiger charge is 2.48. The lowest BCUT2D eigenvalue weighted by molar-refractivity contribution is -0.145. The molecular weight excluding hydrogens is 338 g/mol. The summed E-state index contributed by atoms with van der Waals surface area (Å²) in [5.74, 6) is 1.44. The third-order valence-electron chi connectivity index (χ3n) is 7.39. The Bertz CT molecular complexity index is 542. The minimum atomic E-state index is -0.155. The van der Waals surface area contributed by atoms with E-state index in [0.717, 1.165) is 70.7 Å². The van der Waals surface area contributed by atoms with Crippen molar-refractivity contribution >= 4 is 11.8 Å². The summed E-state index contributed by atoms with van der Waals surface area (Å²) in [6, 6.07) is 0.445. The smallest absolute Gasteiger partial charge is 0.230 e. The molecule has 4 rings (SSSR count). The molecule has 4 aliphatic rings. The third kappa shape index (κ3) is 4.85. The minimum Gasteiger partial charge on any atom is -0.353 e. The molecule has 2 aliphatic carbocycles. The lowest BCUT2D eigenvalue weighted by atomic mass is 9.78. The van der Waals surface area contributed by atoms with Crippen LogP contribution in [0.25, 0.3) is 0 Å². The standard InChI is InChI=1S/C22H37N3O2/c26-20(23-19-7-8-19)10-14-24-16-12-22(17-24)11-4-13-25(21(22)27)15-9-18-5-2-1-3-6-18/h18-19H,1-17H2,(H,23,26)/t22-/m1/s1. The van der Waals surface area contributed by atoms with Crippen LogP contribution in [-0.4, -0.2) is 60.4 Å². The van der Waals surface area contributed by atoms with Crippen molar-refractivity contribution in [2.45, 2.75) is 83.1 Å². The number of nitrogens with one attached hydrogen (secondary N) is 1. The summed E-state index contributed by atoms with van der Waals surface area (Å²) in [5.41, 5.74) is -0.155. The van der Waals surface area contributed by atoms with Crippen LogP contribution in [0.1, 0.15) is 77.0 Å². The number of likely N-dealkylation sites (tertiary alicyclic amines) is 2. The van der Waals surface area contributed by atoms with Crippen LogP contribution in [0.2, 0.25) is 0 Å². The lowest BCUT2D eigenvalue weighted by Gasteiger charge is -2.40. The van der Waals surface area contributed by atoms with Gasteiger partial charge in [0.1, 0.15) is 0 Å². The van der Waals surface area contributed by atoms with Gasteiger partial charge < -0.3 is 15.1 Å². The highest BCUT2D eigenvalue weighted by molar-refractivity contribution is 5.84. The highest BCUT2D eigenvalue weighted by atomic mass is 16.2. The Labute approximate surface area is 164 Å². The van der Waals surface area contributed by atoms with Crippen LogP contribution in [0.5, 0.6) is 0 Å². The maximum atomic E-state index is 13.3.